The van der Waals surface area contributed by atoms with Gasteiger partial charge in [-0.2, -0.15) is 18.8 Å². The van der Waals surface area contributed by atoms with Crippen molar-refractivity contribution in [2.45, 2.75) is 18.2 Å². The van der Waals surface area contributed by atoms with Gasteiger partial charge >= 0.3 is 10.1 Å². The molecule has 0 bridgehead atoms. The van der Waals surface area contributed by atoms with E-state index in [2.05, 4.69) is 16.6 Å². The average molecular weight is 469 g/mol. The monoisotopic (exact) mass is 468 g/mol. The third kappa shape index (κ3) is 5.97. The normalized spacial score (nSPS) is 15.5. The van der Waals surface area contributed by atoms with Crippen molar-refractivity contribution in [1.29, 1.82) is 5.26 Å². The molecule has 1 amide bonds. The maximum absolute atomic E-state index is 12.8. The van der Waals surface area contributed by atoms with Gasteiger partial charge in [0.15, 0.2) is 5.71 Å². The molecule has 9 nitrogen and oxygen atoms in total. The summed E-state index contributed by atoms with van der Waals surface area (Å²) in [4.78, 5) is 14.4. The van der Waals surface area contributed by atoms with Crippen LogP contribution in [0.25, 0.3) is 0 Å². The van der Waals surface area contributed by atoms with Crippen molar-refractivity contribution >= 4 is 27.4 Å². The number of carbonyl (C=O) groups is 1. The molecule has 0 saturated heterocycles. The van der Waals surface area contributed by atoms with Crippen LogP contribution in [-0.4, -0.2) is 51.7 Å². The lowest BCUT2D eigenvalue weighted by Gasteiger charge is -2.28. The van der Waals surface area contributed by atoms with E-state index in [1.54, 1.807) is 49.3 Å². The van der Waals surface area contributed by atoms with E-state index in [4.69, 9.17) is 8.92 Å². The standard InChI is InChI=1S/C23H24N4O5S/c1-17-18(15-24)16-27(13-6-14-31-2)23(28)22(17)26-25-19-9-11-21(12-10-19)33(29,30)32-20-7-4-3-5-8-20/h3-5,7-12,25H,6,13-14,16H2,1-2H3/b26-22-. The van der Waals surface area contributed by atoms with Gasteiger partial charge in [-0.15, -0.1) is 0 Å². The minimum Gasteiger partial charge on any atom is -0.385 e. The summed E-state index contributed by atoms with van der Waals surface area (Å²) >= 11 is 0. The summed E-state index contributed by atoms with van der Waals surface area (Å²) in [5.41, 5.74) is 4.35. The van der Waals surface area contributed by atoms with Crippen molar-refractivity contribution in [2.24, 2.45) is 5.10 Å². The number of nitriles is 1. The number of anilines is 1. The van der Waals surface area contributed by atoms with Gasteiger partial charge in [-0.3, -0.25) is 10.2 Å². The molecule has 33 heavy (non-hydrogen) atoms. The van der Waals surface area contributed by atoms with E-state index in [1.165, 1.54) is 24.3 Å². The SMILES string of the molecule is COCCCN1CC(C#N)=C(C)/C(=N/Nc2ccc(S(=O)(=O)Oc3ccccc3)cc2)C1=O. The number of hydrazone groups is 1. The predicted molar refractivity (Wildman–Crippen MR) is 123 cm³/mol. The summed E-state index contributed by atoms with van der Waals surface area (Å²) in [6.07, 6.45) is 0.641. The summed E-state index contributed by atoms with van der Waals surface area (Å²) in [7, 11) is -2.40. The molecule has 1 N–H and O–H groups in total. The molecule has 0 aromatic heterocycles. The first-order valence-electron chi connectivity index (χ1n) is 10.2. The topological polar surface area (TPSA) is 121 Å². The molecule has 0 spiro atoms. The van der Waals surface area contributed by atoms with Crippen LogP contribution in [-0.2, 0) is 19.6 Å². The number of carbonyl (C=O) groups excluding carboxylic acids is 1. The highest BCUT2D eigenvalue weighted by Gasteiger charge is 2.29. The minimum absolute atomic E-state index is 0.0227. The number of hydrogen-bond donors (Lipinski definition) is 1. The Labute approximate surface area is 193 Å². The molecule has 2 aromatic rings. The van der Waals surface area contributed by atoms with E-state index in [-0.39, 0.29) is 28.8 Å². The molecule has 0 atom stereocenters. The largest absolute Gasteiger partial charge is 0.385 e. The molecule has 0 aliphatic carbocycles. The fourth-order valence-corrected chi connectivity index (χ4v) is 4.06. The fourth-order valence-electron chi connectivity index (χ4n) is 3.13. The van der Waals surface area contributed by atoms with Gasteiger partial charge in [0.05, 0.1) is 23.9 Å². The Balaban J connectivity index is 1.75. The van der Waals surface area contributed by atoms with Gasteiger partial charge in [-0.05, 0) is 55.3 Å². The molecule has 0 saturated carbocycles. The van der Waals surface area contributed by atoms with Crippen LogP contribution in [0.1, 0.15) is 13.3 Å². The van der Waals surface area contributed by atoms with Crippen LogP contribution in [0.3, 0.4) is 0 Å². The molecule has 1 aliphatic heterocycles. The summed E-state index contributed by atoms with van der Waals surface area (Å²) < 4.78 is 35.1. The molecule has 0 fully saturated rings. The predicted octanol–water partition coefficient (Wildman–Crippen LogP) is 2.94. The molecular weight excluding hydrogens is 444 g/mol. The van der Waals surface area contributed by atoms with Gasteiger partial charge in [0.25, 0.3) is 5.91 Å². The number of nitrogens with zero attached hydrogens (tertiary/aromatic N) is 3. The highest BCUT2D eigenvalue weighted by Crippen LogP contribution is 2.21. The van der Waals surface area contributed by atoms with Crippen LogP contribution in [0.2, 0.25) is 0 Å². The Morgan fingerprint density at radius 1 is 1.15 bits per heavy atom. The molecule has 0 radical (unpaired) electrons. The second-order valence-electron chi connectivity index (χ2n) is 7.24. The van der Waals surface area contributed by atoms with E-state index in [9.17, 15) is 18.5 Å². The maximum Gasteiger partial charge on any atom is 0.339 e. The number of para-hydroxylation sites is 1. The smallest absolute Gasteiger partial charge is 0.339 e. The fraction of sp³-hybridized carbons (Fsp3) is 0.261. The zero-order chi connectivity index (χ0) is 23.8. The van der Waals surface area contributed by atoms with Gasteiger partial charge in [0.1, 0.15) is 10.6 Å². The first-order chi connectivity index (χ1) is 15.9. The lowest BCUT2D eigenvalue weighted by Crippen LogP contribution is -2.43. The lowest BCUT2D eigenvalue weighted by atomic mass is 9.99. The molecule has 2 aromatic carbocycles. The summed E-state index contributed by atoms with van der Waals surface area (Å²) in [5, 5.41) is 13.6. The Hall–Kier alpha value is -3.68. The van der Waals surface area contributed by atoms with Crippen LogP contribution in [0, 0.1) is 11.3 Å². The molecule has 10 heteroatoms. The van der Waals surface area contributed by atoms with Crippen molar-refractivity contribution in [2.75, 3.05) is 32.2 Å². The quantitative estimate of drug-likeness (QED) is 0.341. The number of hydrogen-bond acceptors (Lipinski definition) is 8. The van der Waals surface area contributed by atoms with Gasteiger partial charge in [-0.1, -0.05) is 18.2 Å². The molecule has 172 valence electrons. The van der Waals surface area contributed by atoms with Crippen molar-refractivity contribution in [3.8, 4) is 11.8 Å². The van der Waals surface area contributed by atoms with E-state index < -0.39 is 10.1 Å². The van der Waals surface area contributed by atoms with Gasteiger partial charge < -0.3 is 13.8 Å². The van der Waals surface area contributed by atoms with Gasteiger partial charge in [0, 0.05) is 20.3 Å². The minimum atomic E-state index is -3.99. The highest BCUT2D eigenvalue weighted by molar-refractivity contribution is 7.87. The maximum atomic E-state index is 12.8. The zero-order valence-electron chi connectivity index (χ0n) is 18.3. The van der Waals surface area contributed by atoms with Crippen molar-refractivity contribution < 1.29 is 22.1 Å². The van der Waals surface area contributed by atoms with Crippen LogP contribution < -0.4 is 9.61 Å². The van der Waals surface area contributed by atoms with Crippen LogP contribution in [0.15, 0.2) is 75.7 Å². The second kappa shape index (κ2) is 10.8. The van der Waals surface area contributed by atoms with Gasteiger partial charge in [0.2, 0.25) is 0 Å². The molecule has 1 heterocycles. The molecule has 0 unspecified atom stereocenters. The first-order valence-corrected chi connectivity index (χ1v) is 11.6. The van der Waals surface area contributed by atoms with Crippen molar-refractivity contribution in [3.63, 3.8) is 0 Å². The highest BCUT2D eigenvalue weighted by atomic mass is 32.2. The molecular formula is C23H24N4O5S. The van der Waals surface area contributed by atoms with E-state index in [0.29, 0.717) is 36.4 Å². The lowest BCUT2D eigenvalue weighted by molar-refractivity contribution is -0.124. The number of amides is 1. The van der Waals surface area contributed by atoms with E-state index in [0.717, 1.165) is 0 Å². The van der Waals surface area contributed by atoms with Crippen molar-refractivity contribution in [1.82, 2.24) is 4.90 Å². The number of nitrogens with one attached hydrogen (secondary N) is 1. The number of ether oxygens (including phenoxy) is 1. The third-order valence-corrected chi connectivity index (χ3v) is 6.21. The Bertz CT molecular complexity index is 1200. The van der Waals surface area contributed by atoms with Crippen LogP contribution in [0.4, 0.5) is 5.69 Å². The zero-order valence-corrected chi connectivity index (χ0v) is 19.1. The van der Waals surface area contributed by atoms with Crippen molar-refractivity contribution in [3.05, 3.63) is 65.7 Å². The number of rotatable bonds is 9. The first kappa shape index (κ1) is 24.0. The Kier molecular flexibility index (Phi) is 7.82. The molecule has 1 aliphatic rings. The second-order valence-corrected chi connectivity index (χ2v) is 8.78. The van der Waals surface area contributed by atoms with Crippen LogP contribution >= 0.6 is 0 Å². The summed E-state index contributed by atoms with van der Waals surface area (Å²) in [5.74, 6) is -0.0712. The number of benzene rings is 2. The summed E-state index contributed by atoms with van der Waals surface area (Å²) in [6, 6.07) is 16.1. The van der Waals surface area contributed by atoms with E-state index >= 15 is 0 Å². The van der Waals surface area contributed by atoms with Crippen LogP contribution in [0.5, 0.6) is 5.75 Å². The molecule has 3 rings (SSSR count). The third-order valence-electron chi connectivity index (χ3n) is 4.95. The van der Waals surface area contributed by atoms with E-state index in [1.807, 2.05) is 0 Å². The number of methoxy groups -OCH3 is 1. The van der Waals surface area contributed by atoms with Gasteiger partial charge in [-0.25, -0.2) is 0 Å². The Morgan fingerprint density at radius 3 is 2.48 bits per heavy atom. The Morgan fingerprint density at radius 2 is 1.85 bits per heavy atom. The average Bonchev–Trinajstić information content (AvgIpc) is 2.81. The summed E-state index contributed by atoms with van der Waals surface area (Å²) in [6.45, 7) is 2.86.